The Morgan fingerprint density at radius 2 is 1.94 bits per heavy atom. The number of benzene rings is 1. The molecule has 0 amide bonds. The number of fused-ring (bicyclic) bond motifs is 1. The van der Waals surface area contributed by atoms with Crippen LogP contribution in [0.5, 0.6) is 11.5 Å². The molecule has 0 saturated heterocycles. The van der Waals surface area contributed by atoms with Gasteiger partial charge in [0.15, 0.2) is 0 Å². The van der Waals surface area contributed by atoms with Crippen LogP contribution < -0.4 is 15.2 Å². The van der Waals surface area contributed by atoms with Gasteiger partial charge in [0.2, 0.25) is 0 Å². The zero-order valence-electron chi connectivity index (χ0n) is 11.4. The summed E-state index contributed by atoms with van der Waals surface area (Å²) in [5.74, 6) is 1.64. The highest BCUT2D eigenvalue weighted by Gasteiger charge is 2.16. The van der Waals surface area contributed by atoms with Crippen molar-refractivity contribution in [3.8, 4) is 11.5 Å². The van der Waals surface area contributed by atoms with Crippen molar-refractivity contribution in [3.05, 3.63) is 23.4 Å². The van der Waals surface area contributed by atoms with Crippen LogP contribution >= 0.6 is 0 Å². The second kappa shape index (κ2) is 4.90. The van der Waals surface area contributed by atoms with Crippen LogP contribution in [0.1, 0.15) is 11.3 Å². The monoisotopic (exact) mass is 248 g/mol. The molecule has 0 bridgehead atoms. The number of rotatable bonds is 4. The van der Waals surface area contributed by atoms with Crippen molar-refractivity contribution in [2.45, 2.75) is 13.3 Å². The molecular weight excluding hydrogens is 228 g/mol. The number of nitrogens with two attached hydrogens (primary N) is 1. The molecule has 18 heavy (non-hydrogen) atoms. The fraction of sp³-hybridized carbons (Fsp3) is 0.429. The first-order valence-electron chi connectivity index (χ1n) is 6.04. The van der Waals surface area contributed by atoms with E-state index in [9.17, 15) is 0 Å². The van der Waals surface area contributed by atoms with Gasteiger partial charge in [-0.3, -0.25) is 0 Å². The second-order valence-corrected chi connectivity index (χ2v) is 4.40. The van der Waals surface area contributed by atoms with Gasteiger partial charge < -0.3 is 19.8 Å². The summed E-state index contributed by atoms with van der Waals surface area (Å²) < 4.78 is 12.9. The van der Waals surface area contributed by atoms with E-state index in [1.165, 1.54) is 11.3 Å². The Morgan fingerprint density at radius 3 is 2.50 bits per heavy atom. The Morgan fingerprint density at radius 1 is 1.22 bits per heavy atom. The molecule has 2 N–H and O–H groups in total. The molecule has 0 aliphatic carbocycles. The summed E-state index contributed by atoms with van der Waals surface area (Å²) in [7, 11) is 5.40. The van der Waals surface area contributed by atoms with E-state index in [1.54, 1.807) is 14.2 Å². The fourth-order valence-corrected chi connectivity index (χ4v) is 2.52. The largest absolute Gasteiger partial charge is 0.497 e. The molecule has 0 atom stereocenters. The van der Waals surface area contributed by atoms with Crippen LogP contribution in [-0.2, 0) is 13.5 Å². The first kappa shape index (κ1) is 12.8. The Kier molecular flexibility index (Phi) is 3.48. The molecule has 4 nitrogen and oxygen atoms in total. The molecule has 98 valence electrons. The van der Waals surface area contributed by atoms with Gasteiger partial charge in [0.25, 0.3) is 0 Å². The summed E-state index contributed by atoms with van der Waals surface area (Å²) >= 11 is 0. The van der Waals surface area contributed by atoms with Crippen LogP contribution in [0.2, 0.25) is 0 Å². The number of hydrogen-bond donors (Lipinski definition) is 1. The van der Waals surface area contributed by atoms with Gasteiger partial charge in [0.1, 0.15) is 11.5 Å². The van der Waals surface area contributed by atoms with Gasteiger partial charge in [-0.05, 0) is 25.1 Å². The summed E-state index contributed by atoms with van der Waals surface area (Å²) in [6.07, 6.45) is 0.864. The predicted octanol–water partition coefficient (Wildman–Crippen LogP) is 2.01. The minimum atomic E-state index is 0.643. The molecule has 0 aliphatic heterocycles. The molecule has 2 aromatic rings. The molecule has 0 radical (unpaired) electrons. The lowest BCUT2D eigenvalue weighted by Gasteiger charge is -2.08. The number of aromatic nitrogens is 1. The van der Waals surface area contributed by atoms with E-state index in [0.29, 0.717) is 6.54 Å². The van der Waals surface area contributed by atoms with Crippen LogP contribution in [0.15, 0.2) is 12.1 Å². The average Bonchev–Trinajstić information content (AvgIpc) is 2.63. The van der Waals surface area contributed by atoms with Gasteiger partial charge >= 0.3 is 0 Å². The molecule has 2 rings (SSSR count). The summed E-state index contributed by atoms with van der Waals surface area (Å²) in [4.78, 5) is 0. The summed E-state index contributed by atoms with van der Waals surface area (Å²) in [5, 5.41) is 1.16. The van der Waals surface area contributed by atoms with E-state index in [1.807, 2.05) is 12.1 Å². The topological polar surface area (TPSA) is 49.4 Å². The van der Waals surface area contributed by atoms with Crippen molar-refractivity contribution in [3.63, 3.8) is 0 Å². The molecule has 0 spiro atoms. The van der Waals surface area contributed by atoms with Crippen LogP contribution in [-0.4, -0.2) is 25.3 Å². The Bertz CT molecular complexity index is 573. The summed E-state index contributed by atoms with van der Waals surface area (Å²) in [5.41, 5.74) is 9.27. The van der Waals surface area contributed by atoms with Crippen molar-refractivity contribution >= 4 is 10.9 Å². The zero-order chi connectivity index (χ0) is 13.3. The van der Waals surface area contributed by atoms with Crippen LogP contribution in [0.4, 0.5) is 0 Å². The highest BCUT2D eigenvalue weighted by Crippen LogP contribution is 2.35. The van der Waals surface area contributed by atoms with Crippen molar-refractivity contribution in [2.75, 3.05) is 20.8 Å². The zero-order valence-corrected chi connectivity index (χ0v) is 11.4. The highest BCUT2D eigenvalue weighted by atomic mass is 16.5. The molecule has 0 unspecified atom stereocenters. The molecule has 0 fully saturated rings. The first-order chi connectivity index (χ1) is 8.63. The maximum absolute atomic E-state index is 5.68. The van der Waals surface area contributed by atoms with Crippen molar-refractivity contribution in [1.29, 1.82) is 0 Å². The molecular formula is C14H20N2O2. The standard InChI is InChI=1S/C14H20N2O2/c1-9-11-7-10(17-3)8-13(18-4)14(11)16(2)12(9)5-6-15/h7-8H,5-6,15H2,1-4H3. The third-order valence-corrected chi connectivity index (χ3v) is 3.46. The second-order valence-electron chi connectivity index (χ2n) is 4.40. The van der Waals surface area contributed by atoms with Gasteiger partial charge in [-0.25, -0.2) is 0 Å². The van der Waals surface area contributed by atoms with Crippen molar-refractivity contribution < 1.29 is 9.47 Å². The van der Waals surface area contributed by atoms with Gasteiger partial charge in [-0.1, -0.05) is 0 Å². The summed E-state index contributed by atoms with van der Waals surface area (Å²) in [6.45, 7) is 2.76. The first-order valence-corrected chi connectivity index (χ1v) is 6.04. The smallest absolute Gasteiger partial charge is 0.146 e. The fourth-order valence-electron chi connectivity index (χ4n) is 2.52. The molecule has 0 aliphatic rings. The maximum atomic E-state index is 5.68. The third-order valence-electron chi connectivity index (χ3n) is 3.46. The number of methoxy groups -OCH3 is 2. The van der Waals surface area contributed by atoms with E-state index in [2.05, 4.69) is 18.5 Å². The molecule has 0 saturated carbocycles. The highest BCUT2D eigenvalue weighted by molar-refractivity contribution is 5.91. The van der Waals surface area contributed by atoms with Gasteiger partial charge in [0.05, 0.1) is 19.7 Å². The predicted molar refractivity (Wildman–Crippen MR) is 73.5 cm³/mol. The van der Waals surface area contributed by atoms with Gasteiger partial charge in [0, 0.05) is 30.6 Å². The Hall–Kier alpha value is -1.68. The van der Waals surface area contributed by atoms with Crippen molar-refractivity contribution in [1.82, 2.24) is 4.57 Å². The minimum Gasteiger partial charge on any atom is -0.497 e. The van der Waals surface area contributed by atoms with E-state index >= 15 is 0 Å². The van der Waals surface area contributed by atoms with E-state index in [0.717, 1.165) is 28.8 Å². The van der Waals surface area contributed by atoms with Crippen LogP contribution in [0.25, 0.3) is 10.9 Å². The van der Waals surface area contributed by atoms with Crippen LogP contribution in [0.3, 0.4) is 0 Å². The number of ether oxygens (including phenoxy) is 2. The lowest BCUT2D eigenvalue weighted by Crippen LogP contribution is -2.07. The summed E-state index contributed by atoms with van der Waals surface area (Å²) in [6, 6.07) is 3.96. The lowest BCUT2D eigenvalue weighted by molar-refractivity contribution is 0.397. The minimum absolute atomic E-state index is 0.643. The van der Waals surface area contributed by atoms with Gasteiger partial charge in [-0.2, -0.15) is 0 Å². The van der Waals surface area contributed by atoms with Crippen molar-refractivity contribution in [2.24, 2.45) is 12.8 Å². The Labute approximate surface area is 107 Å². The average molecular weight is 248 g/mol. The van der Waals surface area contributed by atoms with Crippen LogP contribution in [0, 0.1) is 6.92 Å². The molecule has 4 heteroatoms. The molecule has 1 aromatic heterocycles. The quantitative estimate of drug-likeness (QED) is 0.900. The number of nitrogens with zero attached hydrogens (tertiary/aromatic N) is 1. The normalized spacial score (nSPS) is 10.9. The number of aryl methyl sites for hydroxylation is 2. The lowest BCUT2D eigenvalue weighted by atomic mass is 10.1. The molecule has 1 aromatic carbocycles. The van der Waals surface area contributed by atoms with Gasteiger partial charge in [-0.15, -0.1) is 0 Å². The van der Waals surface area contributed by atoms with E-state index < -0.39 is 0 Å². The number of hydrogen-bond acceptors (Lipinski definition) is 3. The third kappa shape index (κ3) is 1.82. The van der Waals surface area contributed by atoms with E-state index in [-0.39, 0.29) is 0 Å². The maximum Gasteiger partial charge on any atom is 0.146 e. The van der Waals surface area contributed by atoms with E-state index in [4.69, 9.17) is 15.2 Å². The SMILES string of the molecule is COc1cc(OC)c2c(c1)c(C)c(CCN)n2C. The Balaban J connectivity index is 2.79. The molecule has 1 heterocycles.